The number of nitrogens with zero attached hydrogens (tertiary/aromatic N) is 2. The molecule has 3 rings (SSSR count). The molecule has 0 aliphatic carbocycles. The molecule has 0 spiro atoms. The Hall–Kier alpha value is -3.27. The van der Waals surface area contributed by atoms with Gasteiger partial charge in [0.05, 0.1) is 12.1 Å². The fourth-order valence-corrected chi connectivity index (χ4v) is 2.49. The van der Waals surface area contributed by atoms with Crippen LogP contribution in [0.1, 0.15) is 15.9 Å². The van der Waals surface area contributed by atoms with Gasteiger partial charge in [-0.15, -0.1) is 0 Å². The number of hydrogen-bond donors (Lipinski definition) is 0. The van der Waals surface area contributed by atoms with Crippen molar-refractivity contribution in [2.24, 2.45) is 0 Å². The molecule has 0 fully saturated rings. The Labute approximate surface area is 154 Å². The number of benzene rings is 2. The second-order valence-electron chi connectivity index (χ2n) is 6.18. The standard InChI is InChI=1S/C22H22N2O2/c1-23(2)21-12-10-18(11-13-21)8-9-19-14-16-24(17-15-19)26-22(25)20-6-4-3-5-7-20/h3-16H,17H2,1-2H3. The fraction of sp³-hybridized carbons (Fsp3) is 0.136. The lowest BCUT2D eigenvalue weighted by Crippen LogP contribution is -2.24. The maximum absolute atomic E-state index is 12.0. The highest BCUT2D eigenvalue weighted by Gasteiger charge is 2.11. The van der Waals surface area contributed by atoms with Gasteiger partial charge in [-0.05, 0) is 41.5 Å². The summed E-state index contributed by atoms with van der Waals surface area (Å²) >= 11 is 0. The van der Waals surface area contributed by atoms with Crippen LogP contribution in [0, 0.1) is 0 Å². The number of carbonyl (C=O) groups excluding carboxylic acids is 1. The lowest BCUT2D eigenvalue weighted by molar-refractivity contribution is -0.0666. The zero-order chi connectivity index (χ0) is 18.4. The van der Waals surface area contributed by atoms with E-state index in [0.29, 0.717) is 12.1 Å². The highest BCUT2D eigenvalue weighted by atomic mass is 16.7. The highest BCUT2D eigenvalue weighted by Crippen LogP contribution is 2.16. The predicted molar refractivity (Wildman–Crippen MR) is 106 cm³/mol. The van der Waals surface area contributed by atoms with Crippen molar-refractivity contribution in [3.05, 3.63) is 95.7 Å². The molecule has 4 nitrogen and oxygen atoms in total. The van der Waals surface area contributed by atoms with E-state index in [9.17, 15) is 4.79 Å². The molecule has 0 saturated heterocycles. The molecule has 2 aromatic rings. The van der Waals surface area contributed by atoms with Crippen molar-refractivity contribution in [3.63, 3.8) is 0 Å². The van der Waals surface area contributed by atoms with E-state index in [1.54, 1.807) is 18.3 Å². The van der Waals surface area contributed by atoms with Crippen LogP contribution in [0.4, 0.5) is 5.69 Å². The van der Waals surface area contributed by atoms with Crippen LogP contribution in [0.5, 0.6) is 0 Å². The Morgan fingerprint density at radius 3 is 2.38 bits per heavy atom. The van der Waals surface area contributed by atoms with Gasteiger partial charge in [0.25, 0.3) is 0 Å². The van der Waals surface area contributed by atoms with Crippen molar-refractivity contribution >= 4 is 17.7 Å². The molecule has 1 aliphatic heterocycles. The minimum absolute atomic E-state index is 0.358. The van der Waals surface area contributed by atoms with Crippen molar-refractivity contribution in [2.45, 2.75) is 0 Å². The van der Waals surface area contributed by atoms with Gasteiger partial charge in [0.1, 0.15) is 0 Å². The summed E-state index contributed by atoms with van der Waals surface area (Å²) in [6, 6.07) is 17.3. The molecule has 0 N–H and O–H groups in total. The summed E-state index contributed by atoms with van der Waals surface area (Å²) in [7, 11) is 4.05. The molecule has 0 atom stereocenters. The van der Waals surface area contributed by atoms with Crippen LogP contribution >= 0.6 is 0 Å². The lowest BCUT2D eigenvalue weighted by atomic mass is 10.1. The van der Waals surface area contributed by atoms with E-state index < -0.39 is 0 Å². The minimum atomic E-state index is -0.358. The molecule has 0 saturated carbocycles. The predicted octanol–water partition coefficient (Wildman–Crippen LogP) is 4.29. The Bertz CT molecular complexity index is 834. The van der Waals surface area contributed by atoms with Gasteiger partial charge >= 0.3 is 5.97 Å². The van der Waals surface area contributed by atoms with E-state index >= 15 is 0 Å². The van der Waals surface area contributed by atoms with Crippen LogP contribution in [-0.4, -0.2) is 31.7 Å². The third-order valence-corrected chi connectivity index (χ3v) is 4.03. The summed E-state index contributed by atoms with van der Waals surface area (Å²) in [5.41, 5.74) is 3.93. The lowest BCUT2D eigenvalue weighted by Gasteiger charge is -2.20. The average molecular weight is 346 g/mol. The third-order valence-electron chi connectivity index (χ3n) is 4.03. The Morgan fingerprint density at radius 2 is 1.77 bits per heavy atom. The second kappa shape index (κ2) is 8.21. The van der Waals surface area contributed by atoms with Crippen molar-refractivity contribution in [2.75, 3.05) is 25.5 Å². The van der Waals surface area contributed by atoms with E-state index in [0.717, 1.165) is 11.1 Å². The number of anilines is 1. The summed E-state index contributed by atoms with van der Waals surface area (Å²) in [5.74, 6) is -0.358. The van der Waals surface area contributed by atoms with Gasteiger partial charge in [-0.25, -0.2) is 9.86 Å². The van der Waals surface area contributed by atoms with Gasteiger partial charge in [0.2, 0.25) is 0 Å². The molecule has 0 radical (unpaired) electrons. The summed E-state index contributed by atoms with van der Waals surface area (Å²) < 4.78 is 0. The van der Waals surface area contributed by atoms with Crippen LogP contribution < -0.4 is 4.90 Å². The maximum Gasteiger partial charge on any atom is 0.363 e. The third kappa shape index (κ3) is 4.63. The quantitative estimate of drug-likeness (QED) is 0.808. The minimum Gasteiger partial charge on any atom is -0.378 e. The van der Waals surface area contributed by atoms with Crippen LogP contribution in [0.15, 0.2) is 84.6 Å². The van der Waals surface area contributed by atoms with Gasteiger partial charge in [-0.2, -0.15) is 0 Å². The topological polar surface area (TPSA) is 32.8 Å². The first kappa shape index (κ1) is 17.5. The van der Waals surface area contributed by atoms with E-state index in [4.69, 9.17) is 4.84 Å². The summed E-state index contributed by atoms with van der Waals surface area (Å²) in [4.78, 5) is 19.5. The van der Waals surface area contributed by atoms with E-state index in [-0.39, 0.29) is 5.97 Å². The molecular formula is C22H22N2O2. The molecule has 0 aromatic heterocycles. The van der Waals surface area contributed by atoms with Gasteiger partial charge in [-0.3, -0.25) is 0 Å². The van der Waals surface area contributed by atoms with Crippen LogP contribution in [0.2, 0.25) is 0 Å². The fourth-order valence-electron chi connectivity index (χ4n) is 2.49. The second-order valence-corrected chi connectivity index (χ2v) is 6.18. The first-order valence-corrected chi connectivity index (χ1v) is 8.49. The summed E-state index contributed by atoms with van der Waals surface area (Å²) in [5, 5.41) is 1.53. The number of hydrogen-bond acceptors (Lipinski definition) is 4. The Balaban J connectivity index is 1.54. The zero-order valence-electron chi connectivity index (χ0n) is 15.0. The van der Waals surface area contributed by atoms with E-state index in [1.165, 1.54) is 10.8 Å². The van der Waals surface area contributed by atoms with Gasteiger partial charge < -0.3 is 9.74 Å². The van der Waals surface area contributed by atoms with Gasteiger partial charge in [0.15, 0.2) is 0 Å². The normalized spacial score (nSPS) is 13.6. The molecule has 0 amide bonds. The first-order chi connectivity index (χ1) is 12.6. The molecule has 0 unspecified atom stereocenters. The zero-order valence-corrected chi connectivity index (χ0v) is 15.0. The molecule has 1 heterocycles. The number of hydroxylamine groups is 2. The largest absolute Gasteiger partial charge is 0.378 e. The number of rotatable bonds is 5. The van der Waals surface area contributed by atoms with E-state index in [2.05, 4.69) is 41.3 Å². The average Bonchev–Trinajstić information content (AvgIpc) is 2.68. The van der Waals surface area contributed by atoms with Crippen LogP contribution in [0.25, 0.3) is 6.08 Å². The molecule has 4 heteroatoms. The van der Waals surface area contributed by atoms with Crippen molar-refractivity contribution in [1.29, 1.82) is 0 Å². The monoisotopic (exact) mass is 346 g/mol. The SMILES string of the molecule is CN(C)c1ccc(C=CC2=CCN(OC(=O)c3ccccc3)C=C2)cc1. The molecule has 26 heavy (non-hydrogen) atoms. The number of allylic oxidation sites excluding steroid dienone is 3. The molecule has 0 bridgehead atoms. The maximum atomic E-state index is 12.0. The van der Waals surface area contributed by atoms with Crippen LogP contribution in [-0.2, 0) is 4.84 Å². The first-order valence-electron chi connectivity index (χ1n) is 8.49. The number of carbonyl (C=O) groups is 1. The molecular weight excluding hydrogens is 324 g/mol. The van der Waals surface area contributed by atoms with E-state index in [1.807, 2.05) is 44.4 Å². The van der Waals surface area contributed by atoms with Crippen molar-refractivity contribution in [3.8, 4) is 0 Å². The van der Waals surface area contributed by atoms with Gasteiger partial charge in [0, 0.05) is 26.0 Å². The van der Waals surface area contributed by atoms with Gasteiger partial charge in [-0.1, -0.05) is 48.6 Å². The highest BCUT2D eigenvalue weighted by molar-refractivity contribution is 5.89. The van der Waals surface area contributed by atoms with Crippen molar-refractivity contribution < 1.29 is 9.63 Å². The summed E-state index contributed by atoms with van der Waals surface area (Å²) in [6.07, 6.45) is 9.84. The Kier molecular flexibility index (Phi) is 5.54. The molecule has 1 aliphatic rings. The van der Waals surface area contributed by atoms with Crippen molar-refractivity contribution in [1.82, 2.24) is 5.06 Å². The Morgan fingerprint density at radius 1 is 1.04 bits per heavy atom. The molecule has 132 valence electrons. The van der Waals surface area contributed by atoms with Crippen LogP contribution in [0.3, 0.4) is 0 Å². The smallest absolute Gasteiger partial charge is 0.363 e. The summed E-state index contributed by atoms with van der Waals surface area (Å²) in [6.45, 7) is 0.522. The molecule has 2 aromatic carbocycles.